The minimum atomic E-state index is -1.17. The standard InChI is InChI=1S/C48H73ClN2O6/c1-30(2)40-34(52)26-48(37(53)29-51(25-24-50(10)11)28-31-12-14-32(49)15-13-31)23-22-46(8)33(41(40)48)16-17-36-45(7)20-19-38(57-39(54)27-43(3,4)42(55)56)44(5,6)35(45)18-21-47(36,46)9/h12-15,30,33,35-38,53H,16-29H2,1-11H3,(H,55,56)/t33-,35+,36-,37?,38+,45+,46-,47-,48?/m1/s1. The van der Waals surface area contributed by atoms with Crippen molar-refractivity contribution in [3.05, 3.63) is 46.0 Å². The number of hydrogen-bond acceptors (Lipinski definition) is 7. The second kappa shape index (κ2) is 15.6. The van der Waals surface area contributed by atoms with Gasteiger partial charge in [0.05, 0.1) is 17.9 Å². The van der Waals surface area contributed by atoms with Gasteiger partial charge >= 0.3 is 11.9 Å². The summed E-state index contributed by atoms with van der Waals surface area (Å²) >= 11 is 6.24. The summed E-state index contributed by atoms with van der Waals surface area (Å²) in [5, 5.41) is 23.0. The Morgan fingerprint density at radius 2 is 1.58 bits per heavy atom. The maximum absolute atomic E-state index is 14.3. The highest BCUT2D eigenvalue weighted by Crippen LogP contribution is 2.77. The summed E-state index contributed by atoms with van der Waals surface area (Å²) in [6.45, 7) is 22.6. The van der Waals surface area contributed by atoms with E-state index >= 15 is 0 Å². The number of carbonyl (C=O) groups is 3. The van der Waals surface area contributed by atoms with Gasteiger partial charge in [0.2, 0.25) is 0 Å². The average Bonchev–Trinajstić information content (AvgIpc) is 3.42. The van der Waals surface area contributed by atoms with Crippen LogP contribution in [0.15, 0.2) is 35.4 Å². The number of hydrogen-bond donors (Lipinski definition) is 2. The number of fused-ring (bicyclic) bond motifs is 7. The minimum Gasteiger partial charge on any atom is -0.481 e. The molecule has 2 N–H and O–H groups in total. The van der Waals surface area contributed by atoms with Gasteiger partial charge in [-0.2, -0.15) is 0 Å². The monoisotopic (exact) mass is 809 g/mol. The minimum absolute atomic E-state index is 0.0308. The fourth-order valence-electron chi connectivity index (χ4n) is 13.8. The number of aliphatic hydroxyl groups excluding tert-OH is 1. The SMILES string of the molecule is CC(C)C1=C2[C@H]3CC[C@@H]4[C@@]5(C)CC[C@H](OC(=O)CC(C)(C)C(=O)O)C(C)(C)[C@@H]5CC[C@@]4(C)[C@]3(C)CCC2(C(O)CN(CCN(C)C)Cc2ccc(Cl)cc2)CC1=O. The van der Waals surface area contributed by atoms with Gasteiger partial charge in [0.15, 0.2) is 5.78 Å². The second-order valence-corrected chi connectivity index (χ2v) is 22.2. The number of aliphatic carboxylic acids is 1. The lowest BCUT2D eigenvalue weighted by Gasteiger charge is -2.72. The Hall–Kier alpha value is -2.26. The van der Waals surface area contributed by atoms with Crippen molar-refractivity contribution in [3.8, 4) is 0 Å². The molecule has 57 heavy (non-hydrogen) atoms. The molecule has 8 nitrogen and oxygen atoms in total. The number of aliphatic hydroxyl groups is 1. The normalized spacial score (nSPS) is 35.5. The Bertz CT molecular complexity index is 1740. The number of rotatable bonds is 13. The molecule has 0 spiro atoms. The molecule has 9 heteroatoms. The van der Waals surface area contributed by atoms with E-state index in [2.05, 4.69) is 84.5 Å². The van der Waals surface area contributed by atoms with Crippen LogP contribution in [-0.4, -0.2) is 83.7 Å². The Balaban J connectivity index is 1.29. The number of carboxylic acid groups (broad SMARTS) is 1. The van der Waals surface area contributed by atoms with E-state index < -0.39 is 28.9 Å². The van der Waals surface area contributed by atoms with Gasteiger partial charge in [-0.05, 0) is 142 Å². The van der Waals surface area contributed by atoms with E-state index in [1.54, 1.807) is 13.8 Å². The number of carbonyl (C=O) groups excluding carboxylic acids is 2. The summed E-state index contributed by atoms with van der Waals surface area (Å²) in [7, 11) is 4.17. The Kier molecular flexibility index (Phi) is 12.2. The van der Waals surface area contributed by atoms with Gasteiger partial charge < -0.3 is 19.8 Å². The van der Waals surface area contributed by atoms with E-state index in [4.69, 9.17) is 16.3 Å². The number of likely N-dealkylation sites (N-methyl/N-ethyl adjacent to an activating group) is 1. The van der Waals surface area contributed by atoms with Crippen molar-refractivity contribution in [2.75, 3.05) is 33.7 Å². The predicted molar refractivity (Wildman–Crippen MR) is 227 cm³/mol. The molecule has 318 valence electrons. The summed E-state index contributed by atoms with van der Waals surface area (Å²) in [6.07, 6.45) is 7.13. The Labute approximate surface area is 348 Å². The Morgan fingerprint density at radius 3 is 2.19 bits per heavy atom. The molecular weight excluding hydrogens is 736 g/mol. The van der Waals surface area contributed by atoms with Crippen LogP contribution in [-0.2, 0) is 25.7 Å². The van der Waals surface area contributed by atoms with E-state index in [9.17, 15) is 24.6 Å². The summed E-state index contributed by atoms with van der Waals surface area (Å²) in [5.74, 6) is 0.00261. The molecule has 0 saturated heterocycles. The number of halogens is 1. The molecule has 5 aliphatic carbocycles. The van der Waals surface area contributed by atoms with E-state index in [1.165, 1.54) is 5.57 Å². The molecule has 0 radical (unpaired) electrons. The summed E-state index contributed by atoms with van der Waals surface area (Å²) < 4.78 is 6.20. The maximum Gasteiger partial charge on any atom is 0.309 e. The van der Waals surface area contributed by atoms with Crippen molar-refractivity contribution in [2.24, 2.45) is 56.2 Å². The summed E-state index contributed by atoms with van der Waals surface area (Å²) in [6, 6.07) is 8.00. The number of ketones is 1. The third kappa shape index (κ3) is 7.58. The van der Waals surface area contributed by atoms with Gasteiger partial charge in [0, 0.05) is 48.5 Å². The molecule has 1 aromatic rings. The second-order valence-electron chi connectivity index (χ2n) is 21.7. The lowest BCUT2D eigenvalue weighted by atomic mass is 9.33. The number of ether oxygens (including phenoxy) is 1. The van der Waals surface area contributed by atoms with Gasteiger partial charge in [-0.3, -0.25) is 19.3 Å². The number of carboxylic acids is 1. The topological polar surface area (TPSA) is 107 Å². The van der Waals surface area contributed by atoms with Gasteiger partial charge in [-0.1, -0.05) is 77.8 Å². The molecule has 0 aliphatic heterocycles. The van der Waals surface area contributed by atoms with Gasteiger partial charge in [-0.15, -0.1) is 0 Å². The zero-order chi connectivity index (χ0) is 42.1. The molecular formula is C48H73ClN2O6. The van der Waals surface area contributed by atoms with Crippen LogP contribution in [0.1, 0.15) is 132 Å². The van der Waals surface area contributed by atoms with Crippen LogP contribution >= 0.6 is 11.6 Å². The maximum atomic E-state index is 14.3. The third-order valence-corrected chi connectivity index (χ3v) is 17.4. The molecule has 5 aliphatic rings. The first-order chi connectivity index (χ1) is 26.4. The van der Waals surface area contributed by atoms with Crippen LogP contribution < -0.4 is 0 Å². The first-order valence-electron chi connectivity index (χ1n) is 21.9. The highest BCUT2D eigenvalue weighted by Gasteiger charge is 2.71. The first kappa shape index (κ1) is 44.3. The van der Waals surface area contributed by atoms with Crippen molar-refractivity contribution in [3.63, 3.8) is 0 Å². The average molecular weight is 810 g/mol. The molecule has 0 amide bonds. The van der Waals surface area contributed by atoms with Crippen LogP contribution in [0.4, 0.5) is 0 Å². The molecule has 4 saturated carbocycles. The van der Waals surface area contributed by atoms with Gasteiger partial charge in [0.1, 0.15) is 6.10 Å². The van der Waals surface area contributed by atoms with Gasteiger partial charge in [-0.25, -0.2) is 0 Å². The van der Waals surface area contributed by atoms with Crippen LogP contribution in [0.2, 0.25) is 5.02 Å². The quantitative estimate of drug-likeness (QED) is 0.190. The van der Waals surface area contributed by atoms with Crippen molar-refractivity contribution >= 4 is 29.3 Å². The first-order valence-corrected chi connectivity index (χ1v) is 22.3. The van der Waals surface area contributed by atoms with E-state index in [-0.39, 0.29) is 51.8 Å². The fourth-order valence-corrected chi connectivity index (χ4v) is 13.9. The van der Waals surface area contributed by atoms with E-state index in [0.29, 0.717) is 36.4 Å². The molecule has 4 fully saturated rings. The summed E-state index contributed by atoms with van der Waals surface area (Å²) in [4.78, 5) is 43.8. The smallest absolute Gasteiger partial charge is 0.309 e. The van der Waals surface area contributed by atoms with Crippen molar-refractivity contribution in [1.82, 2.24) is 9.80 Å². The Morgan fingerprint density at radius 1 is 0.912 bits per heavy atom. The predicted octanol–water partition coefficient (Wildman–Crippen LogP) is 9.46. The molecule has 6 rings (SSSR count). The van der Waals surface area contributed by atoms with Crippen LogP contribution in [0, 0.1) is 56.2 Å². The lowest BCUT2D eigenvalue weighted by molar-refractivity contribution is -0.235. The third-order valence-electron chi connectivity index (χ3n) is 17.1. The lowest BCUT2D eigenvalue weighted by Crippen LogP contribution is -2.66. The number of Topliss-reactive ketones (excluding diaryl/α,β-unsaturated/α-hetero) is 1. The summed E-state index contributed by atoms with van der Waals surface area (Å²) in [5.41, 5.74) is 1.54. The molecule has 0 aromatic heterocycles. The highest BCUT2D eigenvalue weighted by atomic mass is 35.5. The fraction of sp³-hybridized carbons (Fsp3) is 0.771. The van der Waals surface area contributed by atoms with Crippen LogP contribution in [0.25, 0.3) is 0 Å². The largest absolute Gasteiger partial charge is 0.481 e. The van der Waals surface area contributed by atoms with Crippen molar-refractivity contribution in [1.29, 1.82) is 0 Å². The molecule has 2 unspecified atom stereocenters. The van der Waals surface area contributed by atoms with Crippen molar-refractivity contribution < 1.29 is 29.3 Å². The van der Waals surface area contributed by atoms with E-state index in [0.717, 1.165) is 75.6 Å². The highest BCUT2D eigenvalue weighted by molar-refractivity contribution is 6.30. The zero-order valence-corrected chi connectivity index (χ0v) is 37.7. The van der Waals surface area contributed by atoms with Crippen LogP contribution in [0.3, 0.4) is 0 Å². The number of esters is 1. The molecule has 1 aromatic carbocycles. The molecule has 0 bridgehead atoms. The molecule has 9 atom stereocenters. The van der Waals surface area contributed by atoms with E-state index in [1.807, 2.05) is 12.1 Å². The van der Waals surface area contributed by atoms with Crippen molar-refractivity contribution in [2.45, 2.75) is 145 Å². The number of nitrogens with zero attached hydrogens (tertiary/aromatic N) is 2. The molecule has 0 heterocycles. The number of benzene rings is 1. The van der Waals surface area contributed by atoms with Gasteiger partial charge in [0.25, 0.3) is 0 Å². The number of allylic oxidation sites excluding steroid dienone is 1. The zero-order valence-electron chi connectivity index (χ0n) is 37.0. The van der Waals surface area contributed by atoms with Crippen LogP contribution in [0.5, 0.6) is 0 Å².